The average Bonchev–Trinajstić information content (AvgIpc) is 3.27. The molecule has 1 radical (unpaired) electrons. The van der Waals surface area contributed by atoms with Crippen molar-refractivity contribution in [1.29, 1.82) is 5.26 Å². The molecular formula is C49H64F4IrN3O8P+2. The second-order valence-corrected chi connectivity index (χ2v) is 16.3. The van der Waals surface area contributed by atoms with Crippen LogP contribution >= 0.6 is 7.72 Å². The Kier molecular flexibility index (Phi) is 31.9. The number of methoxy groups -OCH3 is 2. The van der Waals surface area contributed by atoms with Gasteiger partial charge in [-0.05, 0) is 61.4 Å². The Labute approximate surface area is 402 Å². The van der Waals surface area contributed by atoms with Crippen LogP contribution in [0.3, 0.4) is 0 Å². The fourth-order valence-corrected chi connectivity index (χ4v) is 7.61. The van der Waals surface area contributed by atoms with Gasteiger partial charge in [0.2, 0.25) is 11.4 Å². The predicted octanol–water partition coefficient (Wildman–Crippen LogP) is 8.40. The number of halogens is 4. The summed E-state index contributed by atoms with van der Waals surface area (Å²) in [6, 6.07) is 27.0. The molecule has 0 aliphatic rings. The molecule has 0 saturated carbocycles. The summed E-state index contributed by atoms with van der Waals surface area (Å²) < 4.78 is 101. The van der Waals surface area contributed by atoms with Crippen molar-refractivity contribution in [3.63, 3.8) is 0 Å². The first-order chi connectivity index (χ1) is 31.3. The first kappa shape index (κ1) is 59.9. The standard InChI is InChI=1S/C21H37O8P.2C13H12F2N.C2H3N.Ir/c1-22-9-11-24-13-15-26-17-19-28-30(3,21-7-5-4-6-8-21)29-20-18-27-16-14-25-12-10-23-2;2*1-9-7-10(14)8-11(15)13(9)12-5-3-4-6-16(12)2;1-2-3;/h4-8H,3,9-20H2,1-2H3;2*3-8H,1-2H3;1H3;/q;2*+1;;. The smallest absolute Gasteiger partial charge is 0.215 e. The van der Waals surface area contributed by atoms with Gasteiger partial charge >= 0.3 is 0 Å². The van der Waals surface area contributed by atoms with E-state index in [1.54, 1.807) is 34.1 Å². The van der Waals surface area contributed by atoms with Crippen molar-refractivity contribution in [3.05, 3.63) is 144 Å². The average molecular weight is 1120 g/mol. The van der Waals surface area contributed by atoms with Crippen LogP contribution in [0.25, 0.3) is 22.5 Å². The van der Waals surface area contributed by atoms with E-state index in [0.29, 0.717) is 102 Å². The Bertz CT molecular complexity index is 1970. The van der Waals surface area contributed by atoms with Gasteiger partial charge in [-0.15, -0.1) is 6.66 Å². The Morgan fingerprint density at radius 1 is 0.545 bits per heavy atom. The van der Waals surface area contributed by atoms with Gasteiger partial charge in [-0.3, -0.25) is 0 Å². The van der Waals surface area contributed by atoms with Gasteiger partial charge in [0, 0.05) is 77.6 Å². The molecule has 5 aromatic rings. The van der Waals surface area contributed by atoms with Crippen molar-refractivity contribution in [3.8, 4) is 28.6 Å². The number of ether oxygens (including phenoxy) is 6. The Morgan fingerprint density at radius 3 is 1.21 bits per heavy atom. The van der Waals surface area contributed by atoms with E-state index >= 15 is 0 Å². The summed E-state index contributed by atoms with van der Waals surface area (Å²) in [4.78, 5) is 0. The van der Waals surface area contributed by atoms with Gasteiger partial charge in [-0.1, -0.05) is 18.2 Å². The minimum absolute atomic E-state index is 0. The maximum Gasteiger partial charge on any atom is 0.215 e. The molecule has 0 fully saturated rings. The molecule has 0 amide bonds. The van der Waals surface area contributed by atoms with Gasteiger partial charge < -0.3 is 28.4 Å². The number of aryl methyl sites for hydroxylation is 4. The van der Waals surface area contributed by atoms with Gasteiger partial charge in [0.1, 0.15) is 55.9 Å². The number of hydrogen-bond donors (Lipinski definition) is 0. The number of pyridine rings is 2. The number of aromatic nitrogens is 2. The topological polar surface area (TPSA) is 105 Å². The molecule has 363 valence electrons. The molecular weight excluding hydrogens is 1060 g/mol. The zero-order valence-electron chi connectivity index (χ0n) is 38.9. The molecule has 0 aliphatic carbocycles. The molecule has 0 atom stereocenters. The maximum atomic E-state index is 13.7. The third kappa shape index (κ3) is 22.6. The van der Waals surface area contributed by atoms with Crippen LogP contribution < -0.4 is 14.4 Å². The molecule has 2 heterocycles. The zero-order chi connectivity index (χ0) is 47.9. The minimum Gasteiger partial charge on any atom is -0.382 e. The second kappa shape index (κ2) is 35.1. The van der Waals surface area contributed by atoms with E-state index in [4.69, 9.17) is 42.7 Å². The van der Waals surface area contributed by atoms with E-state index in [2.05, 4.69) is 6.66 Å². The minimum atomic E-state index is -2.47. The number of nitriles is 1. The summed E-state index contributed by atoms with van der Waals surface area (Å²) in [6.45, 7) is 15.1. The summed E-state index contributed by atoms with van der Waals surface area (Å²) in [5, 5.41) is 8.26. The van der Waals surface area contributed by atoms with Crippen molar-refractivity contribution in [2.75, 3.05) is 93.5 Å². The summed E-state index contributed by atoms with van der Waals surface area (Å²) in [5.74, 6) is -2.15. The van der Waals surface area contributed by atoms with Crippen LogP contribution in [0.5, 0.6) is 0 Å². The summed E-state index contributed by atoms with van der Waals surface area (Å²) in [7, 11) is 4.48. The van der Waals surface area contributed by atoms with E-state index in [1.165, 1.54) is 19.1 Å². The Morgan fingerprint density at radius 2 is 0.879 bits per heavy atom. The molecule has 17 heteroatoms. The predicted molar refractivity (Wildman–Crippen MR) is 244 cm³/mol. The number of nitrogens with zero attached hydrogens (tertiary/aromatic N) is 3. The normalized spacial score (nSPS) is 10.6. The number of rotatable bonds is 23. The monoisotopic (exact) mass is 1120 g/mol. The maximum absolute atomic E-state index is 13.7. The van der Waals surface area contributed by atoms with Crippen molar-refractivity contribution in [2.24, 2.45) is 14.1 Å². The van der Waals surface area contributed by atoms with Gasteiger partial charge in [-0.25, -0.2) is 35.7 Å². The van der Waals surface area contributed by atoms with Gasteiger partial charge in [-0.2, -0.15) is 5.26 Å². The fourth-order valence-electron chi connectivity index (χ4n) is 5.88. The van der Waals surface area contributed by atoms with Gasteiger partial charge in [0.05, 0.1) is 83.3 Å². The van der Waals surface area contributed by atoms with E-state index in [1.807, 2.05) is 102 Å². The van der Waals surface area contributed by atoms with Crippen molar-refractivity contribution < 1.29 is 84.3 Å². The first-order valence-corrected chi connectivity index (χ1v) is 22.6. The first-order valence-electron chi connectivity index (χ1n) is 20.8. The van der Waals surface area contributed by atoms with E-state index in [0.717, 1.165) is 28.8 Å². The molecule has 0 saturated heterocycles. The number of benzene rings is 3. The van der Waals surface area contributed by atoms with E-state index in [9.17, 15) is 17.6 Å². The SMILES string of the molecule is CC#N.Cc1cc(F)cc(F)c1-c1cccc[n+]1C.Cc1cc(F)cc(F)c1-c1cccc[n+]1C.[CH2-][P+](OCCOCCOCCOC)(OCCOCCOCCOC)c1ccccc1.[Ir]. The zero-order valence-corrected chi connectivity index (χ0v) is 42.2. The second-order valence-electron chi connectivity index (χ2n) is 13.9. The molecule has 5 rings (SSSR count). The van der Waals surface area contributed by atoms with E-state index < -0.39 is 31.0 Å². The summed E-state index contributed by atoms with van der Waals surface area (Å²) >= 11 is 0. The molecule has 66 heavy (non-hydrogen) atoms. The van der Waals surface area contributed by atoms with Crippen LogP contribution in [0, 0.1) is 55.1 Å². The molecule has 0 bridgehead atoms. The molecule has 0 N–H and O–H groups in total. The molecule has 0 unspecified atom stereocenters. The van der Waals surface area contributed by atoms with Crippen LogP contribution in [0.4, 0.5) is 17.6 Å². The third-order valence-corrected chi connectivity index (χ3v) is 11.2. The van der Waals surface area contributed by atoms with Crippen LogP contribution in [-0.2, 0) is 71.7 Å². The van der Waals surface area contributed by atoms with Crippen LogP contribution in [0.2, 0.25) is 0 Å². The molecule has 2 aromatic heterocycles. The van der Waals surface area contributed by atoms with Crippen molar-refractivity contribution in [1.82, 2.24) is 0 Å². The fraction of sp³-hybridized carbons (Fsp3) is 0.388. The number of hydrogen-bond acceptors (Lipinski definition) is 9. The quantitative estimate of drug-likeness (QED) is 0.0210. The van der Waals surface area contributed by atoms with Gasteiger partial charge in [0.25, 0.3) is 0 Å². The van der Waals surface area contributed by atoms with Crippen molar-refractivity contribution in [2.45, 2.75) is 20.8 Å². The molecule has 11 nitrogen and oxygen atoms in total. The summed E-state index contributed by atoms with van der Waals surface area (Å²) in [5.41, 5.74) is 3.56. The van der Waals surface area contributed by atoms with E-state index in [-0.39, 0.29) is 20.1 Å². The summed E-state index contributed by atoms with van der Waals surface area (Å²) in [6.07, 6.45) is 3.66. The largest absolute Gasteiger partial charge is 0.382 e. The third-order valence-electron chi connectivity index (χ3n) is 8.94. The Balaban J connectivity index is 0.000000510. The van der Waals surface area contributed by atoms with Gasteiger partial charge in [0.15, 0.2) is 20.1 Å². The van der Waals surface area contributed by atoms with Crippen LogP contribution in [0.15, 0.2) is 103 Å². The van der Waals surface area contributed by atoms with Crippen LogP contribution in [0.1, 0.15) is 18.1 Å². The molecule has 0 aliphatic heterocycles. The molecule has 0 spiro atoms. The Hall–Kier alpha value is -4.07. The molecule has 3 aromatic carbocycles. The van der Waals surface area contributed by atoms with Crippen LogP contribution in [-0.4, -0.2) is 93.5 Å². The van der Waals surface area contributed by atoms with Crippen molar-refractivity contribution >= 4 is 13.0 Å².